The highest BCUT2D eigenvalue weighted by Crippen LogP contribution is 2.29. The minimum atomic E-state index is -3.84. The van der Waals surface area contributed by atoms with Gasteiger partial charge in [0.2, 0.25) is 10.0 Å². The Morgan fingerprint density at radius 2 is 1.55 bits per heavy atom. The van der Waals surface area contributed by atoms with Crippen molar-refractivity contribution in [2.75, 3.05) is 24.7 Å². The lowest BCUT2D eigenvalue weighted by Crippen LogP contribution is -2.30. The minimum Gasteiger partial charge on any atom is -0.322 e. The summed E-state index contributed by atoms with van der Waals surface area (Å²) in [6.45, 7) is 3.94. The van der Waals surface area contributed by atoms with E-state index in [0.29, 0.717) is 0 Å². The highest BCUT2D eigenvalue weighted by atomic mass is 35.5. The van der Waals surface area contributed by atoms with Gasteiger partial charge in [-0.15, -0.1) is 0 Å². The molecule has 7 nitrogen and oxygen atoms in total. The summed E-state index contributed by atoms with van der Waals surface area (Å²) in [5, 5.41) is 2.61. The van der Waals surface area contributed by atoms with Crippen molar-refractivity contribution in [3.8, 4) is 0 Å². The van der Waals surface area contributed by atoms with E-state index in [9.17, 15) is 21.6 Å². The summed E-state index contributed by atoms with van der Waals surface area (Å²) in [4.78, 5) is 12.4. The van der Waals surface area contributed by atoms with Crippen molar-refractivity contribution in [1.82, 2.24) is 4.31 Å². The molecule has 158 valence electrons. The van der Waals surface area contributed by atoms with Crippen LogP contribution in [0, 0.1) is 0 Å². The number of sulfone groups is 1. The van der Waals surface area contributed by atoms with E-state index in [1.165, 1.54) is 34.6 Å². The highest BCUT2D eigenvalue weighted by Gasteiger charge is 2.25. The van der Waals surface area contributed by atoms with Crippen LogP contribution in [0.4, 0.5) is 5.69 Å². The molecule has 0 aliphatic heterocycles. The lowest BCUT2D eigenvalue weighted by molar-refractivity contribution is 0.102. The molecule has 2 aromatic carbocycles. The predicted octanol–water partition coefficient (Wildman–Crippen LogP) is 3.68. The van der Waals surface area contributed by atoms with E-state index in [0.717, 1.165) is 12.3 Å². The van der Waals surface area contributed by atoms with E-state index in [-0.39, 0.29) is 44.2 Å². The Kier molecular flexibility index (Phi) is 7.34. The Balaban J connectivity index is 2.43. The van der Waals surface area contributed by atoms with Crippen molar-refractivity contribution in [1.29, 1.82) is 0 Å². The number of benzene rings is 2. The highest BCUT2D eigenvalue weighted by molar-refractivity contribution is 7.90. The summed E-state index contributed by atoms with van der Waals surface area (Å²) in [6, 6.07) is 7.83. The molecule has 0 aliphatic carbocycles. The van der Waals surface area contributed by atoms with Gasteiger partial charge in [0.25, 0.3) is 5.91 Å². The van der Waals surface area contributed by atoms with Gasteiger partial charge >= 0.3 is 0 Å². The third-order valence-corrected chi connectivity index (χ3v) is 8.09. The SMILES string of the molecule is CCN(CC)S(=O)(=O)c1cc(NC(=O)c2cc(S(C)(=O)=O)ccc2Cl)ccc1Cl. The lowest BCUT2D eigenvalue weighted by Gasteiger charge is -2.19. The summed E-state index contributed by atoms with van der Waals surface area (Å²) in [7, 11) is -7.38. The molecule has 0 radical (unpaired) electrons. The maximum Gasteiger partial charge on any atom is 0.257 e. The molecular weight excluding hydrogens is 459 g/mol. The van der Waals surface area contributed by atoms with E-state index in [1.54, 1.807) is 13.8 Å². The molecule has 0 aliphatic rings. The molecule has 0 spiro atoms. The van der Waals surface area contributed by atoms with Crippen molar-refractivity contribution in [2.24, 2.45) is 0 Å². The third kappa shape index (κ3) is 5.29. The number of carbonyl (C=O) groups is 1. The number of rotatable bonds is 7. The Labute approximate surface area is 180 Å². The van der Waals surface area contributed by atoms with Gasteiger partial charge < -0.3 is 5.32 Å². The van der Waals surface area contributed by atoms with Crippen LogP contribution in [0.25, 0.3) is 0 Å². The van der Waals surface area contributed by atoms with Gasteiger partial charge in [-0.2, -0.15) is 4.31 Å². The average Bonchev–Trinajstić information content (AvgIpc) is 2.63. The minimum absolute atomic E-state index is 0.0204. The fourth-order valence-corrected chi connectivity index (χ4v) is 5.40. The van der Waals surface area contributed by atoms with Gasteiger partial charge in [-0.1, -0.05) is 37.0 Å². The number of hydrogen-bond donors (Lipinski definition) is 1. The molecule has 0 unspecified atom stereocenters. The Hall–Kier alpha value is -1.65. The first-order valence-corrected chi connectivity index (χ1v) is 12.6. The van der Waals surface area contributed by atoms with Crippen LogP contribution >= 0.6 is 23.2 Å². The standard InChI is InChI=1S/C18H20Cl2N2O5S2/c1-4-22(5-2)29(26,27)17-10-12(6-8-16(17)20)21-18(23)14-11-13(28(3,24)25)7-9-15(14)19/h6-11H,4-5H2,1-3H3,(H,21,23). The van der Waals surface area contributed by atoms with E-state index >= 15 is 0 Å². The molecule has 2 aromatic rings. The van der Waals surface area contributed by atoms with Gasteiger partial charge in [-0.3, -0.25) is 4.79 Å². The number of amides is 1. The second kappa shape index (κ2) is 9.01. The lowest BCUT2D eigenvalue weighted by atomic mass is 10.2. The number of sulfonamides is 1. The molecule has 0 saturated carbocycles. The topological polar surface area (TPSA) is 101 Å². The van der Waals surface area contributed by atoms with Crippen molar-refractivity contribution >= 4 is 54.7 Å². The number of carbonyl (C=O) groups excluding carboxylic acids is 1. The van der Waals surface area contributed by atoms with Crippen LogP contribution in [0.5, 0.6) is 0 Å². The fraction of sp³-hybridized carbons (Fsp3) is 0.278. The molecule has 0 bridgehead atoms. The van der Waals surface area contributed by atoms with Crippen LogP contribution in [0.2, 0.25) is 10.0 Å². The molecule has 1 N–H and O–H groups in total. The first kappa shape index (κ1) is 23.6. The molecule has 0 fully saturated rings. The smallest absolute Gasteiger partial charge is 0.257 e. The zero-order chi connectivity index (χ0) is 22.0. The van der Waals surface area contributed by atoms with Crippen LogP contribution in [0.15, 0.2) is 46.2 Å². The molecule has 29 heavy (non-hydrogen) atoms. The van der Waals surface area contributed by atoms with Gasteiger partial charge in [0.05, 0.1) is 20.5 Å². The van der Waals surface area contributed by atoms with Gasteiger partial charge in [-0.25, -0.2) is 16.8 Å². The Bertz CT molecular complexity index is 1140. The molecule has 2 rings (SSSR count). The monoisotopic (exact) mass is 478 g/mol. The summed E-state index contributed by atoms with van der Waals surface area (Å²) in [5.41, 5.74) is 0.114. The molecule has 11 heteroatoms. The number of nitrogens with one attached hydrogen (secondary N) is 1. The number of anilines is 1. The van der Waals surface area contributed by atoms with Gasteiger partial charge in [0.1, 0.15) is 4.90 Å². The number of halogens is 2. The normalized spacial score (nSPS) is 12.2. The van der Waals surface area contributed by atoms with E-state index in [4.69, 9.17) is 23.2 Å². The van der Waals surface area contributed by atoms with E-state index in [2.05, 4.69) is 5.32 Å². The fourth-order valence-electron chi connectivity index (χ4n) is 2.59. The zero-order valence-electron chi connectivity index (χ0n) is 15.9. The van der Waals surface area contributed by atoms with Crippen molar-refractivity contribution < 1.29 is 21.6 Å². The Morgan fingerprint density at radius 3 is 2.10 bits per heavy atom. The number of nitrogens with zero attached hydrogens (tertiary/aromatic N) is 1. The largest absolute Gasteiger partial charge is 0.322 e. The van der Waals surface area contributed by atoms with E-state index in [1.807, 2.05) is 0 Å². The molecule has 1 amide bonds. The summed E-state index contributed by atoms with van der Waals surface area (Å²) < 4.78 is 50.2. The van der Waals surface area contributed by atoms with Crippen LogP contribution < -0.4 is 5.32 Å². The second-order valence-corrected chi connectivity index (χ2v) is 10.8. The van der Waals surface area contributed by atoms with Crippen molar-refractivity contribution in [3.63, 3.8) is 0 Å². The quantitative estimate of drug-likeness (QED) is 0.653. The third-order valence-electron chi connectivity index (χ3n) is 4.12. The maximum absolute atomic E-state index is 12.8. The molecule has 0 aromatic heterocycles. The maximum atomic E-state index is 12.8. The van der Waals surface area contributed by atoms with Gasteiger partial charge in [-0.05, 0) is 36.4 Å². The second-order valence-electron chi connectivity index (χ2n) is 6.10. The van der Waals surface area contributed by atoms with Gasteiger partial charge in [0.15, 0.2) is 9.84 Å². The van der Waals surface area contributed by atoms with Crippen LogP contribution in [-0.2, 0) is 19.9 Å². The van der Waals surface area contributed by atoms with Crippen LogP contribution in [0.3, 0.4) is 0 Å². The van der Waals surface area contributed by atoms with Crippen molar-refractivity contribution in [3.05, 3.63) is 52.0 Å². The summed E-state index contributed by atoms with van der Waals surface area (Å²) >= 11 is 12.1. The first-order chi connectivity index (χ1) is 13.4. The van der Waals surface area contributed by atoms with Crippen LogP contribution in [-0.4, -0.2) is 46.4 Å². The van der Waals surface area contributed by atoms with Crippen LogP contribution in [0.1, 0.15) is 24.2 Å². The Morgan fingerprint density at radius 1 is 0.966 bits per heavy atom. The first-order valence-electron chi connectivity index (χ1n) is 8.52. The van der Waals surface area contributed by atoms with Gasteiger partial charge in [0, 0.05) is 25.0 Å². The summed E-state index contributed by atoms with van der Waals surface area (Å²) in [6.07, 6.45) is 1.02. The summed E-state index contributed by atoms with van der Waals surface area (Å²) in [5.74, 6) is -0.686. The molecular formula is C18H20Cl2N2O5S2. The molecule has 0 atom stereocenters. The van der Waals surface area contributed by atoms with E-state index < -0.39 is 25.8 Å². The predicted molar refractivity (Wildman–Crippen MR) is 114 cm³/mol. The molecule has 0 saturated heterocycles. The number of hydrogen-bond acceptors (Lipinski definition) is 5. The average molecular weight is 479 g/mol. The zero-order valence-corrected chi connectivity index (χ0v) is 19.1. The van der Waals surface area contributed by atoms with Crippen molar-refractivity contribution in [2.45, 2.75) is 23.6 Å². The molecule has 0 heterocycles.